The van der Waals surface area contributed by atoms with Crippen LogP contribution in [0.5, 0.6) is 0 Å². The maximum Gasteiger partial charge on any atom is 0.306 e. The van der Waals surface area contributed by atoms with Crippen LogP contribution in [-0.4, -0.2) is 69.4 Å². The number of rotatable bonds is 60. The van der Waals surface area contributed by atoms with Crippen LogP contribution >= 0.6 is 7.82 Å². The topological polar surface area (TPSA) is 114 Å². The van der Waals surface area contributed by atoms with E-state index in [2.05, 4.69) is 86.8 Å². The van der Waals surface area contributed by atoms with E-state index in [1.165, 1.54) is 161 Å². The Labute approximate surface area is 489 Å². The number of likely N-dealkylation sites (N-methyl/N-ethyl adjacent to an activating group) is 1. The Balaban J connectivity index is 5.24. The van der Waals surface area contributed by atoms with Gasteiger partial charge in [-0.2, -0.15) is 0 Å². The van der Waals surface area contributed by atoms with Gasteiger partial charge >= 0.3 is 5.97 Å². The van der Waals surface area contributed by atoms with Gasteiger partial charge < -0.3 is 28.5 Å². The second-order valence-corrected chi connectivity index (χ2v) is 25.0. The minimum absolute atomic E-state index is 0.0264. The molecule has 3 atom stereocenters. The summed E-state index contributed by atoms with van der Waals surface area (Å²) < 4.78 is 30.4. The normalized spacial score (nSPS) is 14.1. The van der Waals surface area contributed by atoms with E-state index >= 15 is 0 Å². The summed E-state index contributed by atoms with van der Waals surface area (Å²) >= 11 is 0. The van der Waals surface area contributed by atoms with Crippen molar-refractivity contribution >= 4 is 19.7 Å². The number of esters is 1. The molecular formula is C69H127N2O7P. The number of carbonyl (C=O) groups is 2. The lowest BCUT2D eigenvalue weighted by atomic mass is 10.0. The SMILES string of the molecule is CC/C=C\C/C=C\C/C=C\C/C=C\C/C=C\CCCCCCCC(=O)OC(/C=C/CCCCCCCCCCCCC)C(COP(=O)([O-])OCC[N+](C)(C)C)NC(=O)CCCCCCCCCCCCCCCCCCCCC. The van der Waals surface area contributed by atoms with Crippen molar-refractivity contribution in [2.75, 3.05) is 40.9 Å². The van der Waals surface area contributed by atoms with E-state index in [9.17, 15) is 19.0 Å². The summed E-state index contributed by atoms with van der Waals surface area (Å²) in [5.41, 5.74) is 0. The highest BCUT2D eigenvalue weighted by Crippen LogP contribution is 2.38. The third kappa shape index (κ3) is 59.9. The molecule has 0 spiro atoms. The standard InChI is InChI=1S/C69H127N2O7P/c1-7-10-13-16-19-22-25-28-30-32-34-35-37-39-41-44-47-50-53-56-59-62-69(73)78-67(60-57-54-51-48-45-42-27-24-21-18-15-12-9-3)66(65-77-79(74,75)76-64-63-71(4,5)6)70-68(72)61-58-55-52-49-46-43-40-38-36-33-31-29-26-23-20-17-14-11-8-2/h10,13,19,22,28,30,34-35,39,41,57,60,66-67H,7-9,11-12,14-18,20-21,23-27,29,31-33,36-38,40,42-56,58-59,61-65H2,1-6H3,(H-,70,72,74,75)/b13-10-,22-19-,30-28-,35-34-,41-39-,60-57+. The number of nitrogens with zero attached hydrogens (tertiary/aromatic N) is 1. The smallest absolute Gasteiger partial charge is 0.306 e. The van der Waals surface area contributed by atoms with Gasteiger partial charge in [-0.25, -0.2) is 0 Å². The minimum Gasteiger partial charge on any atom is -0.756 e. The highest BCUT2D eigenvalue weighted by atomic mass is 31.2. The summed E-state index contributed by atoms with van der Waals surface area (Å²) in [4.78, 5) is 40.1. The summed E-state index contributed by atoms with van der Waals surface area (Å²) in [5, 5.41) is 3.04. The van der Waals surface area contributed by atoms with Gasteiger partial charge in [0.05, 0.1) is 33.8 Å². The summed E-state index contributed by atoms with van der Waals surface area (Å²) in [5.74, 6) is -0.553. The Morgan fingerprint density at radius 2 is 0.810 bits per heavy atom. The molecule has 79 heavy (non-hydrogen) atoms. The van der Waals surface area contributed by atoms with Crippen LogP contribution in [0.1, 0.15) is 303 Å². The van der Waals surface area contributed by atoms with Gasteiger partial charge in [0.1, 0.15) is 19.3 Å². The number of hydrogen-bond acceptors (Lipinski definition) is 7. The summed E-state index contributed by atoms with van der Waals surface area (Å²) in [6, 6.07) is -0.898. The van der Waals surface area contributed by atoms with E-state index < -0.39 is 26.6 Å². The maximum atomic E-state index is 13.6. The van der Waals surface area contributed by atoms with Gasteiger partial charge in [-0.3, -0.25) is 14.2 Å². The maximum absolute atomic E-state index is 13.6. The van der Waals surface area contributed by atoms with E-state index in [4.69, 9.17) is 13.8 Å². The van der Waals surface area contributed by atoms with Gasteiger partial charge in [0.2, 0.25) is 5.91 Å². The van der Waals surface area contributed by atoms with Crippen LogP contribution in [0.15, 0.2) is 72.9 Å². The Hall–Kier alpha value is -2.55. The summed E-state index contributed by atoms with van der Waals surface area (Å²) in [7, 11) is 1.18. The zero-order valence-corrected chi connectivity index (χ0v) is 53.5. The molecule has 0 aromatic rings. The molecule has 3 unspecified atom stereocenters. The predicted molar refractivity (Wildman–Crippen MR) is 339 cm³/mol. The molecule has 1 N–H and O–H groups in total. The number of amides is 1. The predicted octanol–water partition coefficient (Wildman–Crippen LogP) is 20.2. The van der Waals surface area contributed by atoms with Crippen LogP contribution in [0, 0.1) is 0 Å². The van der Waals surface area contributed by atoms with Crippen LogP contribution in [0.25, 0.3) is 0 Å². The number of nitrogens with one attached hydrogen (secondary N) is 1. The Bertz CT molecular complexity index is 1580. The number of ether oxygens (including phenoxy) is 1. The van der Waals surface area contributed by atoms with Crippen molar-refractivity contribution < 1.29 is 37.3 Å². The first-order chi connectivity index (χ1) is 38.4. The fourth-order valence-corrected chi connectivity index (χ4v) is 10.3. The largest absolute Gasteiger partial charge is 0.756 e. The quantitative estimate of drug-likeness (QED) is 0.0212. The highest BCUT2D eigenvalue weighted by Gasteiger charge is 2.27. The van der Waals surface area contributed by atoms with E-state index in [-0.39, 0.29) is 24.9 Å². The van der Waals surface area contributed by atoms with Gasteiger partial charge in [0, 0.05) is 12.8 Å². The van der Waals surface area contributed by atoms with Crippen LogP contribution in [0.2, 0.25) is 0 Å². The Kier molecular flexibility index (Phi) is 56.7. The zero-order chi connectivity index (χ0) is 57.9. The molecule has 0 rings (SSSR count). The molecule has 0 bridgehead atoms. The molecule has 0 aromatic carbocycles. The molecule has 1 amide bonds. The molecule has 0 aliphatic heterocycles. The summed E-state index contributed by atoms with van der Waals surface area (Å²) in [6.45, 7) is 6.75. The fraction of sp³-hybridized carbons (Fsp3) is 0.797. The van der Waals surface area contributed by atoms with E-state index in [1.807, 2.05) is 33.3 Å². The van der Waals surface area contributed by atoms with E-state index in [0.29, 0.717) is 23.9 Å². The first-order valence-electron chi connectivity index (χ1n) is 33.2. The Morgan fingerprint density at radius 3 is 1.22 bits per heavy atom. The highest BCUT2D eigenvalue weighted by molar-refractivity contribution is 7.45. The van der Waals surface area contributed by atoms with Crippen molar-refractivity contribution in [2.45, 2.75) is 315 Å². The van der Waals surface area contributed by atoms with Gasteiger partial charge in [0.25, 0.3) is 7.82 Å². The number of hydrogen-bond donors (Lipinski definition) is 1. The first kappa shape index (κ1) is 76.5. The number of allylic oxidation sites excluding steroid dienone is 11. The molecule has 0 aliphatic rings. The van der Waals surface area contributed by atoms with Crippen molar-refractivity contribution in [3.63, 3.8) is 0 Å². The fourth-order valence-electron chi connectivity index (χ4n) is 9.55. The van der Waals surface area contributed by atoms with Crippen LogP contribution in [-0.2, 0) is 27.9 Å². The molecule has 0 fully saturated rings. The molecule has 0 saturated heterocycles. The number of quaternary nitrogens is 1. The van der Waals surface area contributed by atoms with E-state index in [0.717, 1.165) is 103 Å². The van der Waals surface area contributed by atoms with E-state index in [1.54, 1.807) is 0 Å². The first-order valence-corrected chi connectivity index (χ1v) is 34.7. The molecule has 0 radical (unpaired) electrons. The van der Waals surface area contributed by atoms with Crippen LogP contribution in [0.4, 0.5) is 0 Å². The lowest BCUT2D eigenvalue weighted by Crippen LogP contribution is -2.47. The monoisotopic (exact) mass is 1130 g/mol. The second kappa shape index (κ2) is 58.6. The van der Waals surface area contributed by atoms with Crippen molar-refractivity contribution in [3.05, 3.63) is 72.9 Å². The lowest BCUT2D eigenvalue weighted by molar-refractivity contribution is -0.870. The zero-order valence-electron chi connectivity index (χ0n) is 52.6. The molecule has 460 valence electrons. The summed E-state index contributed by atoms with van der Waals surface area (Å²) in [6.07, 6.45) is 75.8. The number of phosphoric ester groups is 1. The second-order valence-electron chi connectivity index (χ2n) is 23.6. The molecule has 0 aromatic heterocycles. The van der Waals surface area contributed by atoms with Crippen molar-refractivity contribution in [3.8, 4) is 0 Å². The molecule has 10 heteroatoms. The van der Waals surface area contributed by atoms with Gasteiger partial charge in [0.15, 0.2) is 0 Å². The van der Waals surface area contributed by atoms with Crippen LogP contribution in [0.3, 0.4) is 0 Å². The molecule has 0 heterocycles. The van der Waals surface area contributed by atoms with Crippen molar-refractivity contribution in [1.82, 2.24) is 5.32 Å². The molecule has 9 nitrogen and oxygen atoms in total. The van der Waals surface area contributed by atoms with Crippen molar-refractivity contribution in [1.29, 1.82) is 0 Å². The number of unbranched alkanes of at least 4 members (excludes halogenated alkanes) is 34. The average Bonchev–Trinajstić information content (AvgIpc) is 3.41. The van der Waals surface area contributed by atoms with Gasteiger partial charge in [-0.1, -0.05) is 287 Å². The van der Waals surface area contributed by atoms with Crippen molar-refractivity contribution in [2.24, 2.45) is 0 Å². The molecule has 0 aliphatic carbocycles. The lowest BCUT2D eigenvalue weighted by Gasteiger charge is -2.30. The third-order valence-electron chi connectivity index (χ3n) is 14.7. The van der Waals surface area contributed by atoms with Gasteiger partial charge in [-0.05, 0) is 76.7 Å². The molecule has 0 saturated carbocycles. The number of phosphoric acid groups is 1. The average molecular weight is 1130 g/mol. The Morgan fingerprint density at radius 1 is 0.456 bits per heavy atom. The third-order valence-corrected chi connectivity index (χ3v) is 15.6. The number of carbonyl (C=O) groups excluding carboxylic acids is 2. The van der Waals surface area contributed by atoms with Gasteiger partial charge in [-0.15, -0.1) is 0 Å². The van der Waals surface area contributed by atoms with Crippen LogP contribution < -0.4 is 10.2 Å². The molecular weight excluding hydrogens is 1000 g/mol. The minimum atomic E-state index is -4.71.